The molecular weight excluding hydrogens is 316 g/mol. The molecule has 0 saturated heterocycles. The number of carbonyl (C=O) groups excluding carboxylic acids is 1. The normalized spacial score (nSPS) is 10.6. The Morgan fingerprint density at radius 1 is 1.26 bits per heavy atom. The first kappa shape index (κ1) is 14.9. The van der Waals surface area contributed by atoms with Gasteiger partial charge >= 0.3 is 0 Å². The van der Waals surface area contributed by atoms with E-state index in [2.05, 4.69) is 10.3 Å². The first-order valence-corrected chi connectivity index (χ1v) is 7.17. The summed E-state index contributed by atoms with van der Waals surface area (Å²) in [5, 5.41) is 13.4. The van der Waals surface area contributed by atoms with Crippen LogP contribution in [-0.2, 0) is 11.3 Å². The second kappa shape index (κ2) is 6.01. The van der Waals surface area contributed by atoms with E-state index in [0.717, 1.165) is 11.0 Å². The predicted molar refractivity (Wildman–Crippen MR) is 88.8 cm³/mol. The molecule has 8 heteroatoms. The van der Waals surface area contributed by atoms with Gasteiger partial charge in [-0.3, -0.25) is 14.9 Å². The van der Waals surface area contributed by atoms with Crippen LogP contribution in [0.2, 0.25) is 0 Å². The van der Waals surface area contributed by atoms with Gasteiger partial charge in [-0.15, -0.1) is 0 Å². The van der Waals surface area contributed by atoms with Gasteiger partial charge in [0.2, 0.25) is 5.91 Å². The van der Waals surface area contributed by atoms with Crippen LogP contribution in [0.5, 0.6) is 0 Å². The molecule has 7 nitrogen and oxygen atoms in total. The number of hydrogen-bond acceptors (Lipinski definition) is 4. The van der Waals surface area contributed by atoms with Gasteiger partial charge < -0.3 is 14.9 Å². The fraction of sp³-hybridized carbons (Fsp3) is 0.0667. The summed E-state index contributed by atoms with van der Waals surface area (Å²) < 4.78 is 2.12. The summed E-state index contributed by atoms with van der Waals surface area (Å²) in [4.78, 5) is 25.5. The van der Waals surface area contributed by atoms with Crippen LogP contribution in [0.15, 0.2) is 48.5 Å². The minimum Gasteiger partial charge on any atom is -0.331 e. The minimum absolute atomic E-state index is 0.0194. The van der Waals surface area contributed by atoms with Crippen LogP contribution in [0.25, 0.3) is 11.0 Å². The number of para-hydroxylation sites is 2. The largest absolute Gasteiger partial charge is 0.331 e. The Labute approximate surface area is 135 Å². The highest BCUT2D eigenvalue weighted by molar-refractivity contribution is 7.71. The van der Waals surface area contributed by atoms with Crippen molar-refractivity contribution in [3.05, 3.63) is 63.4 Å². The van der Waals surface area contributed by atoms with Crippen molar-refractivity contribution < 1.29 is 9.72 Å². The molecule has 0 bridgehead atoms. The van der Waals surface area contributed by atoms with Crippen molar-refractivity contribution in [2.24, 2.45) is 0 Å². The van der Waals surface area contributed by atoms with Crippen molar-refractivity contribution in [1.82, 2.24) is 9.55 Å². The molecular formula is C15H12N4O3S. The van der Waals surface area contributed by atoms with E-state index in [0.29, 0.717) is 10.5 Å². The van der Waals surface area contributed by atoms with Crippen molar-refractivity contribution >= 4 is 40.5 Å². The lowest BCUT2D eigenvalue weighted by Crippen LogP contribution is -2.18. The molecule has 116 valence electrons. The molecule has 0 fully saturated rings. The standard InChI is InChI=1S/C15H12N4O3S/c20-14(16-10-4-3-5-11(8-10)19(21)22)9-18-13-7-2-1-6-12(13)17-15(18)23/h1-8H,9H2,(H,16,20)(H,17,23). The van der Waals surface area contributed by atoms with E-state index < -0.39 is 4.92 Å². The average molecular weight is 328 g/mol. The number of benzene rings is 2. The highest BCUT2D eigenvalue weighted by Crippen LogP contribution is 2.18. The first-order chi connectivity index (χ1) is 11.0. The molecule has 0 unspecified atom stereocenters. The van der Waals surface area contributed by atoms with Crippen molar-refractivity contribution in [3.63, 3.8) is 0 Å². The van der Waals surface area contributed by atoms with Gasteiger partial charge in [0.25, 0.3) is 5.69 Å². The van der Waals surface area contributed by atoms with Gasteiger partial charge in [0, 0.05) is 17.8 Å². The molecule has 3 rings (SSSR count). The maximum absolute atomic E-state index is 12.2. The lowest BCUT2D eigenvalue weighted by molar-refractivity contribution is -0.384. The number of rotatable bonds is 4. The third-order valence-electron chi connectivity index (χ3n) is 3.32. The number of nitro groups is 1. The van der Waals surface area contributed by atoms with Crippen molar-refractivity contribution in [3.8, 4) is 0 Å². The summed E-state index contributed by atoms with van der Waals surface area (Å²) in [5.41, 5.74) is 1.97. The molecule has 0 radical (unpaired) electrons. The molecule has 0 aliphatic carbocycles. The maximum atomic E-state index is 12.2. The van der Waals surface area contributed by atoms with Crippen LogP contribution in [0, 0.1) is 14.9 Å². The van der Waals surface area contributed by atoms with Gasteiger partial charge in [-0.25, -0.2) is 0 Å². The fourth-order valence-electron chi connectivity index (χ4n) is 2.31. The number of carbonyl (C=O) groups is 1. The number of non-ortho nitro benzene ring substituents is 1. The zero-order valence-electron chi connectivity index (χ0n) is 11.9. The molecule has 1 aromatic heterocycles. The summed E-state index contributed by atoms with van der Waals surface area (Å²) >= 11 is 5.23. The molecule has 23 heavy (non-hydrogen) atoms. The van der Waals surface area contributed by atoms with E-state index in [-0.39, 0.29) is 18.1 Å². The van der Waals surface area contributed by atoms with Gasteiger partial charge in [-0.05, 0) is 30.4 Å². The van der Waals surface area contributed by atoms with E-state index >= 15 is 0 Å². The number of nitrogens with zero attached hydrogens (tertiary/aromatic N) is 2. The molecule has 0 saturated carbocycles. The molecule has 0 aliphatic rings. The Kier molecular flexibility index (Phi) is 3.90. The smallest absolute Gasteiger partial charge is 0.271 e. The Morgan fingerprint density at radius 3 is 2.83 bits per heavy atom. The molecule has 2 N–H and O–H groups in total. The van der Waals surface area contributed by atoms with Crippen LogP contribution in [0.1, 0.15) is 0 Å². The van der Waals surface area contributed by atoms with Gasteiger partial charge in [0.05, 0.1) is 16.0 Å². The number of nitrogens with one attached hydrogen (secondary N) is 2. The van der Waals surface area contributed by atoms with E-state index in [4.69, 9.17) is 12.2 Å². The van der Waals surface area contributed by atoms with Crippen molar-refractivity contribution in [2.75, 3.05) is 5.32 Å². The Hall–Kier alpha value is -3.00. The minimum atomic E-state index is -0.509. The van der Waals surface area contributed by atoms with Gasteiger partial charge in [-0.2, -0.15) is 0 Å². The van der Waals surface area contributed by atoms with Crippen LogP contribution in [-0.4, -0.2) is 20.4 Å². The molecule has 1 heterocycles. The summed E-state index contributed by atoms with van der Waals surface area (Å²) in [7, 11) is 0. The SMILES string of the molecule is O=C(Cn1c(=S)[nH]c2ccccc21)Nc1cccc([N+](=O)[O-])c1. The van der Waals surface area contributed by atoms with Gasteiger partial charge in [0.1, 0.15) is 6.54 Å². The second-order valence-corrected chi connectivity index (χ2v) is 5.28. The third kappa shape index (κ3) is 3.11. The zero-order chi connectivity index (χ0) is 16.4. The molecule has 2 aromatic carbocycles. The number of fused-ring (bicyclic) bond motifs is 1. The topological polar surface area (TPSA) is 93.0 Å². The van der Waals surface area contributed by atoms with E-state index in [1.807, 2.05) is 24.3 Å². The number of nitro benzene ring substituents is 1. The lowest BCUT2D eigenvalue weighted by Gasteiger charge is -2.07. The van der Waals surface area contributed by atoms with Crippen LogP contribution in [0.4, 0.5) is 11.4 Å². The Balaban J connectivity index is 1.82. The quantitative estimate of drug-likeness (QED) is 0.437. The maximum Gasteiger partial charge on any atom is 0.271 e. The number of H-pyrrole nitrogens is 1. The molecule has 0 aliphatic heterocycles. The van der Waals surface area contributed by atoms with Crippen molar-refractivity contribution in [2.45, 2.75) is 6.54 Å². The molecule has 0 spiro atoms. The molecule has 3 aromatic rings. The predicted octanol–water partition coefficient (Wildman–Crippen LogP) is 3.25. The number of aromatic amines is 1. The number of anilines is 1. The highest BCUT2D eigenvalue weighted by atomic mass is 32.1. The molecule has 0 atom stereocenters. The monoisotopic (exact) mass is 328 g/mol. The summed E-state index contributed by atoms with van der Waals surface area (Å²) in [6, 6.07) is 13.3. The highest BCUT2D eigenvalue weighted by Gasteiger charge is 2.11. The number of aromatic nitrogens is 2. The van der Waals surface area contributed by atoms with Crippen molar-refractivity contribution in [1.29, 1.82) is 0 Å². The lowest BCUT2D eigenvalue weighted by atomic mass is 10.3. The van der Waals surface area contributed by atoms with Gasteiger partial charge in [-0.1, -0.05) is 18.2 Å². The fourth-order valence-corrected chi connectivity index (χ4v) is 2.58. The number of hydrogen-bond donors (Lipinski definition) is 2. The van der Waals surface area contributed by atoms with E-state index in [9.17, 15) is 14.9 Å². The Morgan fingerprint density at radius 2 is 2.04 bits per heavy atom. The van der Waals surface area contributed by atoms with E-state index in [1.165, 1.54) is 18.2 Å². The van der Waals surface area contributed by atoms with Crippen LogP contribution in [0.3, 0.4) is 0 Å². The third-order valence-corrected chi connectivity index (χ3v) is 3.65. The van der Waals surface area contributed by atoms with Gasteiger partial charge in [0.15, 0.2) is 4.77 Å². The Bertz CT molecular complexity index is 961. The van der Waals surface area contributed by atoms with Crippen LogP contribution >= 0.6 is 12.2 Å². The van der Waals surface area contributed by atoms with E-state index in [1.54, 1.807) is 10.6 Å². The average Bonchev–Trinajstić information content (AvgIpc) is 2.83. The summed E-state index contributed by atoms with van der Waals surface area (Å²) in [5.74, 6) is -0.314. The second-order valence-electron chi connectivity index (χ2n) is 4.89. The molecule has 1 amide bonds. The number of imidazole rings is 1. The zero-order valence-corrected chi connectivity index (χ0v) is 12.7. The summed E-state index contributed by atoms with van der Waals surface area (Å²) in [6.07, 6.45) is 0. The number of amides is 1. The summed E-state index contributed by atoms with van der Waals surface area (Å²) in [6.45, 7) is 0.0194. The van der Waals surface area contributed by atoms with Crippen LogP contribution < -0.4 is 5.32 Å². The first-order valence-electron chi connectivity index (χ1n) is 6.76.